The van der Waals surface area contributed by atoms with Crippen molar-refractivity contribution < 1.29 is 4.92 Å². The number of aromatic amines is 1. The Balaban J connectivity index is 2.51. The van der Waals surface area contributed by atoms with Crippen LogP contribution in [-0.2, 0) is 6.42 Å². The molecule has 0 bridgehead atoms. The fourth-order valence-electron chi connectivity index (χ4n) is 1.65. The molecule has 0 radical (unpaired) electrons. The van der Waals surface area contributed by atoms with Gasteiger partial charge in [0, 0.05) is 17.7 Å². The van der Waals surface area contributed by atoms with E-state index in [9.17, 15) is 10.1 Å². The van der Waals surface area contributed by atoms with Crippen molar-refractivity contribution in [3.63, 3.8) is 0 Å². The maximum atomic E-state index is 10.7. The average molecular weight is 217 g/mol. The molecule has 1 aromatic carbocycles. The molecule has 0 aliphatic carbocycles. The van der Waals surface area contributed by atoms with Gasteiger partial charge in [0.15, 0.2) is 0 Å². The predicted molar refractivity (Wildman–Crippen MR) is 60.1 cm³/mol. The molecule has 0 aliphatic heterocycles. The number of nitrogens with zero attached hydrogens (tertiary/aromatic N) is 2. The van der Waals surface area contributed by atoms with Crippen molar-refractivity contribution in [1.82, 2.24) is 9.97 Å². The van der Waals surface area contributed by atoms with Crippen molar-refractivity contribution in [1.29, 1.82) is 0 Å². The molecular formula is C11H11N3O2. The van der Waals surface area contributed by atoms with Gasteiger partial charge in [-0.1, -0.05) is 6.92 Å². The first-order chi connectivity index (χ1) is 7.72. The lowest BCUT2D eigenvalue weighted by Gasteiger charge is -2.05. The van der Waals surface area contributed by atoms with Crippen molar-refractivity contribution in [3.8, 4) is 11.3 Å². The highest BCUT2D eigenvalue weighted by Gasteiger charge is 2.11. The third kappa shape index (κ3) is 1.79. The molecule has 1 aromatic heterocycles. The number of rotatable bonds is 3. The summed E-state index contributed by atoms with van der Waals surface area (Å²) in [5, 5.41) is 10.7. The van der Waals surface area contributed by atoms with Crippen LogP contribution in [0.15, 0.2) is 30.7 Å². The second-order valence-electron chi connectivity index (χ2n) is 3.42. The van der Waals surface area contributed by atoms with Crippen molar-refractivity contribution in [2.75, 3.05) is 0 Å². The van der Waals surface area contributed by atoms with Crippen molar-refractivity contribution in [2.45, 2.75) is 13.3 Å². The molecular weight excluding hydrogens is 206 g/mol. The highest BCUT2D eigenvalue weighted by atomic mass is 16.6. The molecule has 1 N–H and O–H groups in total. The zero-order valence-electron chi connectivity index (χ0n) is 8.80. The summed E-state index contributed by atoms with van der Waals surface area (Å²) in [6, 6.07) is 4.87. The minimum Gasteiger partial charge on any atom is -0.345 e. The molecule has 0 unspecified atom stereocenters. The van der Waals surface area contributed by atoms with E-state index in [2.05, 4.69) is 9.97 Å². The van der Waals surface area contributed by atoms with Gasteiger partial charge in [-0.05, 0) is 18.1 Å². The van der Waals surface area contributed by atoms with Gasteiger partial charge in [-0.3, -0.25) is 10.1 Å². The molecule has 0 atom stereocenters. The lowest BCUT2D eigenvalue weighted by molar-refractivity contribution is -0.384. The summed E-state index contributed by atoms with van der Waals surface area (Å²) < 4.78 is 0. The second-order valence-corrected chi connectivity index (χ2v) is 3.42. The Bertz CT molecular complexity index is 506. The van der Waals surface area contributed by atoms with E-state index in [0.29, 0.717) is 0 Å². The smallest absolute Gasteiger partial charge is 0.269 e. The van der Waals surface area contributed by atoms with Gasteiger partial charge in [0.1, 0.15) is 0 Å². The molecule has 5 heteroatoms. The molecule has 0 fully saturated rings. The summed E-state index contributed by atoms with van der Waals surface area (Å²) in [6.45, 7) is 1.97. The summed E-state index contributed by atoms with van der Waals surface area (Å²) in [7, 11) is 0. The third-order valence-electron chi connectivity index (χ3n) is 2.47. The average Bonchev–Trinajstić information content (AvgIpc) is 2.81. The molecule has 0 saturated heterocycles. The van der Waals surface area contributed by atoms with Crippen molar-refractivity contribution >= 4 is 5.69 Å². The van der Waals surface area contributed by atoms with Crippen LogP contribution in [0.3, 0.4) is 0 Å². The lowest BCUT2D eigenvalue weighted by Crippen LogP contribution is -1.93. The van der Waals surface area contributed by atoms with Crippen molar-refractivity contribution in [3.05, 3.63) is 46.4 Å². The van der Waals surface area contributed by atoms with Crippen LogP contribution >= 0.6 is 0 Å². The van der Waals surface area contributed by atoms with Gasteiger partial charge < -0.3 is 4.98 Å². The first-order valence-electron chi connectivity index (χ1n) is 4.98. The molecule has 0 spiro atoms. The third-order valence-corrected chi connectivity index (χ3v) is 2.47. The van der Waals surface area contributed by atoms with Crippen LogP contribution in [0.2, 0.25) is 0 Å². The SMILES string of the molecule is CCc1cc([N+](=O)[O-])ccc1-c1cnc[nH]1. The standard InChI is InChI=1S/C11H11N3O2/c1-2-8-5-9(14(15)16)3-4-10(8)11-6-12-7-13-11/h3-7H,2H2,1H3,(H,12,13). The molecule has 0 amide bonds. The summed E-state index contributed by atoms with van der Waals surface area (Å²) in [5.74, 6) is 0. The molecule has 2 aromatic rings. The number of hydrogen-bond acceptors (Lipinski definition) is 3. The number of imidazole rings is 1. The number of aryl methyl sites for hydroxylation is 1. The van der Waals surface area contributed by atoms with Gasteiger partial charge in [0.05, 0.1) is 23.1 Å². The van der Waals surface area contributed by atoms with E-state index in [1.807, 2.05) is 6.92 Å². The number of aromatic nitrogens is 2. The van der Waals surface area contributed by atoms with Crippen LogP contribution in [-0.4, -0.2) is 14.9 Å². The minimum absolute atomic E-state index is 0.125. The van der Waals surface area contributed by atoms with Crippen LogP contribution < -0.4 is 0 Å². The van der Waals surface area contributed by atoms with Crippen LogP contribution in [0.4, 0.5) is 5.69 Å². The fourth-order valence-corrected chi connectivity index (χ4v) is 1.65. The van der Waals surface area contributed by atoms with Gasteiger partial charge in [-0.2, -0.15) is 0 Å². The molecule has 5 nitrogen and oxygen atoms in total. The van der Waals surface area contributed by atoms with E-state index < -0.39 is 0 Å². The Labute approximate surface area is 92.3 Å². The summed E-state index contributed by atoms with van der Waals surface area (Å²) in [4.78, 5) is 17.2. The van der Waals surface area contributed by atoms with E-state index in [4.69, 9.17) is 0 Å². The summed E-state index contributed by atoms with van der Waals surface area (Å²) in [5.41, 5.74) is 2.91. The normalized spacial score (nSPS) is 10.3. The van der Waals surface area contributed by atoms with Gasteiger partial charge in [-0.15, -0.1) is 0 Å². The molecule has 0 aliphatic rings. The Hall–Kier alpha value is -2.17. The van der Waals surface area contributed by atoms with Crippen LogP contribution in [0.5, 0.6) is 0 Å². The first kappa shape index (κ1) is 10.4. The fraction of sp³-hybridized carbons (Fsp3) is 0.182. The van der Waals surface area contributed by atoms with Gasteiger partial charge >= 0.3 is 0 Å². The summed E-state index contributed by atoms with van der Waals surface area (Å²) >= 11 is 0. The number of nitro groups is 1. The predicted octanol–water partition coefficient (Wildman–Crippen LogP) is 2.55. The zero-order valence-corrected chi connectivity index (χ0v) is 8.80. The van der Waals surface area contributed by atoms with Crippen LogP contribution in [0.1, 0.15) is 12.5 Å². The largest absolute Gasteiger partial charge is 0.345 e. The van der Waals surface area contributed by atoms with Gasteiger partial charge in [-0.25, -0.2) is 4.98 Å². The number of nitro benzene ring substituents is 1. The highest BCUT2D eigenvalue weighted by Crippen LogP contribution is 2.25. The first-order valence-corrected chi connectivity index (χ1v) is 4.98. The number of H-pyrrole nitrogens is 1. The van der Waals surface area contributed by atoms with E-state index in [0.717, 1.165) is 23.2 Å². The number of hydrogen-bond donors (Lipinski definition) is 1. The Kier molecular flexibility index (Phi) is 2.68. The van der Waals surface area contributed by atoms with Crippen LogP contribution in [0, 0.1) is 10.1 Å². The summed E-state index contributed by atoms with van der Waals surface area (Å²) in [6.07, 6.45) is 4.05. The van der Waals surface area contributed by atoms with E-state index >= 15 is 0 Å². The molecule has 82 valence electrons. The van der Waals surface area contributed by atoms with Crippen LogP contribution in [0.25, 0.3) is 11.3 Å². The minimum atomic E-state index is -0.379. The monoisotopic (exact) mass is 217 g/mol. The highest BCUT2D eigenvalue weighted by molar-refractivity contribution is 5.65. The number of nitrogens with one attached hydrogen (secondary N) is 1. The number of non-ortho nitro benzene ring substituents is 1. The Morgan fingerprint density at radius 3 is 2.88 bits per heavy atom. The maximum absolute atomic E-state index is 10.7. The van der Waals surface area contributed by atoms with E-state index in [-0.39, 0.29) is 10.6 Å². The lowest BCUT2D eigenvalue weighted by atomic mass is 10.0. The van der Waals surface area contributed by atoms with Gasteiger partial charge in [0.2, 0.25) is 0 Å². The van der Waals surface area contributed by atoms with E-state index in [1.165, 1.54) is 6.07 Å². The Morgan fingerprint density at radius 1 is 1.50 bits per heavy atom. The second kappa shape index (κ2) is 4.14. The van der Waals surface area contributed by atoms with Crippen molar-refractivity contribution in [2.24, 2.45) is 0 Å². The molecule has 2 rings (SSSR count). The van der Waals surface area contributed by atoms with E-state index in [1.54, 1.807) is 24.7 Å². The molecule has 0 saturated carbocycles. The maximum Gasteiger partial charge on any atom is 0.269 e. The topological polar surface area (TPSA) is 71.8 Å². The Morgan fingerprint density at radius 2 is 2.31 bits per heavy atom. The van der Waals surface area contributed by atoms with Gasteiger partial charge in [0.25, 0.3) is 5.69 Å². The molecule has 16 heavy (non-hydrogen) atoms. The zero-order chi connectivity index (χ0) is 11.5. The molecule has 1 heterocycles. The number of benzene rings is 1. The quantitative estimate of drug-likeness (QED) is 0.634.